The van der Waals surface area contributed by atoms with Gasteiger partial charge in [0.15, 0.2) is 0 Å². The lowest BCUT2D eigenvalue weighted by molar-refractivity contribution is 0.315. The van der Waals surface area contributed by atoms with E-state index in [-0.39, 0.29) is 14.5 Å². The van der Waals surface area contributed by atoms with Crippen LogP contribution in [0.4, 0.5) is 5.13 Å². The van der Waals surface area contributed by atoms with Crippen LogP contribution < -0.4 is 4.47 Å². The molecule has 0 radical (unpaired) electrons. The molecule has 1 aromatic carbocycles. The fourth-order valence-electron chi connectivity index (χ4n) is 1.05. The van der Waals surface area contributed by atoms with E-state index in [0.29, 0.717) is 0 Å². The first kappa shape index (κ1) is 11.0. The molecule has 0 saturated carbocycles. The smallest absolute Gasteiger partial charge is 0.272 e. The first-order valence-electron chi connectivity index (χ1n) is 4.18. The molecule has 0 spiro atoms. The van der Waals surface area contributed by atoms with Crippen molar-refractivity contribution in [2.24, 2.45) is 0 Å². The maximum Gasteiger partial charge on any atom is 0.288 e. The van der Waals surface area contributed by atoms with Gasteiger partial charge in [0.1, 0.15) is 5.51 Å². The number of sulfonamides is 1. The van der Waals surface area contributed by atoms with Crippen molar-refractivity contribution < 1.29 is 13.6 Å². The molecule has 0 aliphatic carbocycles. The number of hydrogen-bond donors (Lipinski definition) is 1. The second-order valence-electron chi connectivity index (χ2n) is 2.78. The Labute approximate surface area is 95.8 Å². The summed E-state index contributed by atoms with van der Waals surface area (Å²) < 4.78 is 23.8. The van der Waals surface area contributed by atoms with Gasteiger partial charge in [-0.15, -0.1) is 14.7 Å². The first-order valence-corrected chi connectivity index (χ1v) is 6.50. The Hall–Kier alpha value is -1.51. The van der Waals surface area contributed by atoms with E-state index in [1.54, 1.807) is 18.2 Å². The lowest BCUT2D eigenvalue weighted by Crippen LogP contribution is -2.27. The van der Waals surface area contributed by atoms with Crippen molar-refractivity contribution in [2.75, 3.05) is 4.47 Å². The Morgan fingerprint density at radius 2 is 1.94 bits per heavy atom. The molecule has 0 amide bonds. The molecule has 1 heterocycles. The Balaban J connectivity index is 2.41. The van der Waals surface area contributed by atoms with E-state index in [4.69, 9.17) is 0 Å². The van der Waals surface area contributed by atoms with Crippen LogP contribution in [0.25, 0.3) is 0 Å². The minimum atomic E-state index is -3.97. The maximum atomic E-state index is 11.8. The Morgan fingerprint density at radius 1 is 1.25 bits per heavy atom. The van der Waals surface area contributed by atoms with Gasteiger partial charge in [-0.2, -0.15) is 8.42 Å². The van der Waals surface area contributed by atoms with E-state index in [9.17, 15) is 13.6 Å². The monoisotopic (exact) mass is 257 g/mol. The largest absolute Gasteiger partial charge is 0.288 e. The summed E-state index contributed by atoms with van der Waals surface area (Å²) in [4.78, 5) is -0.00676. The average molecular weight is 257 g/mol. The molecule has 84 valence electrons. The summed E-state index contributed by atoms with van der Waals surface area (Å²) in [5, 5.41) is 16.4. The molecule has 8 heteroatoms. The van der Waals surface area contributed by atoms with Gasteiger partial charge in [0, 0.05) is 0 Å². The van der Waals surface area contributed by atoms with Gasteiger partial charge in [-0.05, 0) is 12.1 Å². The first-order chi connectivity index (χ1) is 7.62. The number of anilines is 1. The fraction of sp³-hybridized carbons (Fsp3) is 0. The molecule has 1 N–H and O–H groups in total. The van der Waals surface area contributed by atoms with Gasteiger partial charge in [0.2, 0.25) is 5.13 Å². The number of benzene rings is 1. The van der Waals surface area contributed by atoms with Gasteiger partial charge < -0.3 is 0 Å². The van der Waals surface area contributed by atoms with Crippen LogP contribution >= 0.6 is 11.3 Å². The predicted octanol–water partition coefficient (Wildman–Crippen LogP) is 1.12. The Kier molecular flexibility index (Phi) is 2.86. The van der Waals surface area contributed by atoms with E-state index < -0.39 is 10.0 Å². The zero-order chi connectivity index (χ0) is 11.6. The van der Waals surface area contributed by atoms with Crippen LogP contribution in [0.2, 0.25) is 0 Å². The van der Waals surface area contributed by atoms with Crippen molar-refractivity contribution >= 4 is 26.5 Å². The summed E-state index contributed by atoms with van der Waals surface area (Å²) >= 11 is 0.927. The third-order valence-corrected chi connectivity index (χ3v) is 4.06. The normalized spacial score (nSPS) is 11.3. The second kappa shape index (κ2) is 4.16. The van der Waals surface area contributed by atoms with Gasteiger partial charge in [-0.25, -0.2) is 0 Å². The van der Waals surface area contributed by atoms with Crippen molar-refractivity contribution in [3.8, 4) is 0 Å². The topological polar surface area (TPSA) is 83.4 Å². The highest BCUT2D eigenvalue weighted by Crippen LogP contribution is 2.21. The third kappa shape index (κ3) is 1.90. The van der Waals surface area contributed by atoms with Crippen molar-refractivity contribution in [2.45, 2.75) is 4.90 Å². The summed E-state index contributed by atoms with van der Waals surface area (Å²) in [6.07, 6.45) is 0. The summed E-state index contributed by atoms with van der Waals surface area (Å²) in [5.41, 5.74) is 1.33. The van der Waals surface area contributed by atoms with Crippen LogP contribution in [0.5, 0.6) is 0 Å². The molecule has 6 nitrogen and oxygen atoms in total. The highest BCUT2D eigenvalue weighted by atomic mass is 32.2. The minimum Gasteiger partial charge on any atom is -0.272 e. The number of rotatable bonds is 3. The van der Waals surface area contributed by atoms with Crippen molar-refractivity contribution in [3.05, 3.63) is 35.8 Å². The lowest BCUT2D eigenvalue weighted by Gasteiger charge is -2.12. The SMILES string of the molecule is O=S(=O)(c1ccccc1)N(O)c1nncs1. The second-order valence-corrected chi connectivity index (χ2v) is 5.36. The lowest BCUT2D eigenvalue weighted by atomic mass is 10.4. The molecule has 0 aliphatic heterocycles. The molecular formula is C8H7N3O3S2. The van der Waals surface area contributed by atoms with Crippen LogP contribution in [0.1, 0.15) is 0 Å². The van der Waals surface area contributed by atoms with Crippen LogP contribution in [-0.2, 0) is 10.0 Å². The molecule has 0 bridgehead atoms. The molecular weight excluding hydrogens is 250 g/mol. The van der Waals surface area contributed by atoms with E-state index in [1.807, 2.05) is 0 Å². The molecule has 0 aliphatic rings. The van der Waals surface area contributed by atoms with E-state index in [2.05, 4.69) is 10.2 Å². The molecule has 0 atom stereocenters. The number of nitrogens with zero attached hydrogens (tertiary/aromatic N) is 3. The molecule has 0 unspecified atom stereocenters. The zero-order valence-electron chi connectivity index (χ0n) is 7.89. The highest BCUT2D eigenvalue weighted by Gasteiger charge is 2.25. The molecule has 0 saturated heterocycles. The van der Waals surface area contributed by atoms with Gasteiger partial charge in [0.05, 0.1) is 4.90 Å². The van der Waals surface area contributed by atoms with Gasteiger partial charge in [0.25, 0.3) is 10.0 Å². The van der Waals surface area contributed by atoms with Crippen LogP contribution in [0.15, 0.2) is 40.7 Å². The third-order valence-electron chi connectivity index (χ3n) is 1.78. The summed E-state index contributed by atoms with van der Waals surface area (Å²) in [5.74, 6) is 0. The Morgan fingerprint density at radius 3 is 2.50 bits per heavy atom. The van der Waals surface area contributed by atoms with Crippen LogP contribution in [-0.4, -0.2) is 23.8 Å². The number of aromatic nitrogens is 2. The summed E-state index contributed by atoms with van der Waals surface area (Å²) in [6.45, 7) is 0. The summed E-state index contributed by atoms with van der Waals surface area (Å²) in [6, 6.07) is 7.60. The van der Waals surface area contributed by atoms with E-state index in [0.717, 1.165) is 11.3 Å². The molecule has 0 fully saturated rings. The number of hydrogen-bond acceptors (Lipinski definition) is 6. The van der Waals surface area contributed by atoms with Gasteiger partial charge in [-0.3, -0.25) is 5.21 Å². The van der Waals surface area contributed by atoms with E-state index >= 15 is 0 Å². The summed E-state index contributed by atoms with van der Waals surface area (Å²) in [7, 11) is -3.97. The minimum absolute atomic E-state index is 0.00676. The van der Waals surface area contributed by atoms with Gasteiger partial charge in [-0.1, -0.05) is 29.5 Å². The van der Waals surface area contributed by atoms with Gasteiger partial charge >= 0.3 is 0 Å². The molecule has 1 aromatic heterocycles. The Bertz CT molecular complexity index is 553. The molecule has 2 aromatic rings. The molecule has 16 heavy (non-hydrogen) atoms. The average Bonchev–Trinajstić information content (AvgIpc) is 2.82. The fourth-order valence-corrected chi connectivity index (χ4v) is 2.79. The van der Waals surface area contributed by atoms with Crippen LogP contribution in [0.3, 0.4) is 0 Å². The zero-order valence-corrected chi connectivity index (χ0v) is 9.52. The van der Waals surface area contributed by atoms with Crippen LogP contribution in [0, 0.1) is 0 Å². The predicted molar refractivity (Wildman–Crippen MR) is 57.8 cm³/mol. The standard InChI is InChI=1S/C8H7N3O3S2/c12-11(8-10-9-6-15-8)16(13,14)7-4-2-1-3-5-7/h1-6,12H. The maximum absolute atomic E-state index is 11.8. The van der Waals surface area contributed by atoms with E-state index in [1.165, 1.54) is 17.6 Å². The highest BCUT2D eigenvalue weighted by molar-refractivity contribution is 7.92. The molecule has 2 rings (SSSR count). The van der Waals surface area contributed by atoms with Crippen molar-refractivity contribution in [1.82, 2.24) is 10.2 Å². The van der Waals surface area contributed by atoms with Crippen molar-refractivity contribution in [1.29, 1.82) is 0 Å². The quantitative estimate of drug-likeness (QED) is 0.833. The van der Waals surface area contributed by atoms with Crippen molar-refractivity contribution in [3.63, 3.8) is 0 Å².